The number of carbonyl (C=O) groups is 4. The average Bonchev–Trinajstić information content (AvgIpc) is 3.67. The van der Waals surface area contributed by atoms with E-state index < -0.39 is 5.54 Å². The third-order valence-corrected chi connectivity index (χ3v) is 9.35. The van der Waals surface area contributed by atoms with Crippen LogP contribution in [0.5, 0.6) is 0 Å². The molecular weight excluding hydrogens is 650 g/mol. The Labute approximate surface area is 299 Å². The second kappa shape index (κ2) is 18.4. The van der Waals surface area contributed by atoms with Gasteiger partial charge in [-0.05, 0) is 48.4 Å². The van der Waals surface area contributed by atoms with Crippen LogP contribution in [0.2, 0.25) is 0 Å². The molecule has 2 aromatic carbocycles. The van der Waals surface area contributed by atoms with Gasteiger partial charge in [-0.25, -0.2) is 9.80 Å². The maximum absolute atomic E-state index is 12.1. The first kappa shape index (κ1) is 38.1. The molecule has 0 aromatic heterocycles. The first-order valence-electron chi connectivity index (χ1n) is 17.7. The molecule has 0 bridgehead atoms. The van der Waals surface area contributed by atoms with E-state index in [1.165, 1.54) is 29.2 Å². The van der Waals surface area contributed by atoms with Crippen molar-refractivity contribution < 1.29 is 24.3 Å². The number of carbonyl (C=O) groups excluding carboxylic acids is 4. The van der Waals surface area contributed by atoms with Crippen molar-refractivity contribution in [1.29, 1.82) is 0 Å². The van der Waals surface area contributed by atoms with E-state index in [-0.39, 0.29) is 35.8 Å². The van der Waals surface area contributed by atoms with Crippen molar-refractivity contribution in [1.82, 2.24) is 37.2 Å². The Morgan fingerprint density at radius 3 is 1.35 bits per heavy atom. The summed E-state index contributed by atoms with van der Waals surface area (Å²) < 4.78 is 0. The van der Waals surface area contributed by atoms with E-state index in [1.807, 2.05) is 24.3 Å². The lowest BCUT2D eigenvalue weighted by atomic mass is 9.97. The van der Waals surface area contributed by atoms with Gasteiger partial charge in [0, 0.05) is 96.3 Å². The topological polar surface area (TPSA) is 179 Å². The zero-order valence-corrected chi connectivity index (χ0v) is 29.3. The Bertz CT molecular complexity index is 1510. The Hall–Kier alpha value is -4.12. The summed E-state index contributed by atoms with van der Waals surface area (Å²) in [5, 5.41) is 35.9. The summed E-state index contributed by atoms with van der Waals surface area (Å²) in [6.07, 6.45) is 6.14. The van der Waals surface area contributed by atoms with Gasteiger partial charge in [0.1, 0.15) is 0 Å². The summed E-state index contributed by atoms with van der Waals surface area (Å²) >= 11 is 0. The van der Waals surface area contributed by atoms with Crippen LogP contribution in [-0.4, -0.2) is 112 Å². The molecule has 14 nitrogen and oxygen atoms in total. The molecule has 2 aromatic rings. The molecule has 1 saturated heterocycles. The molecule has 0 spiro atoms. The minimum absolute atomic E-state index is 0.0764. The number of imide groups is 2. The Kier molecular flexibility index (Phi) is 13.7. The number of rotatable bonds is 13. The van der Waals surface area contributed by atoms with Crippen LogP contribution in [0, 0.1) is 0 Å². The smallest absolute Gasteiger partial charge is 0.258 e. The third kappa shape index (κ3) is 10.2. The van der Waals surface area contributed by atoms with Crippen molar-refractivity contribution in [2.24, 2.45) is 0 Å². The maximum Gasteiger partial charge on any atom is 0.258 e. The van der Waals surface area contributed by atoms with Crippen LogP contribution in [-0.2, 0) is 32.3 Å². The van der Waals surface area contributed by atoms with Crippen LogP contribution in [0.3, 0.4) is 0 Å². The average molecular weight is 702 g/mol. The number of anilines is 2. The van der Waals surface area contributed by atoms with E-state index in [4.69, 9.17) is 0 Å². The largest absolute Gasteiger partial charge is 0.394 e. The van der Waals surface area contributed by atoms with E-state index in [2.05, 4.69) is 44.1 Å². The molecule has 14 heteroatoms. The standard InChI is InChI=1S/C37H51N9O5/c1-2-15-38-22-36(43-20-28-3-7-30(8-4-28)45-32(48)11-12-33(45)49)23-39-16-18-41-25-37(27-47,26-42-19-17-40-24-36)44-21-29-5-9-31(10-6-29)46-34(50)13-14-35(46)51/h3-14,38-44,47H,2,15-27H2,1H3. The van der Waals surface area contributed by atoms with Gasteiger partial charge in [0.2, 0.25) is 0 Å². The van der Waals surface area contributed by atoms with Gasteiger partial charge >= 0.3 is 0 Å². The van der Waals surface area contributed by atoms with Crippen LogP contribution < -0.4 is 47.0 Å². The lowest BCUT2D eigenvalue weighted by Gasteiger charge is -2.37. The zero-order valence-electron chi connectivity index (χ0n) is 29.3. The van der Waals surface area contributed by atoms with E-state index in [1.54, 1.807) is 24.3 Å². The van der Waals surface area contributed by atoms with Gasteiger partial charge in [-0.15, -0.1) is 0 Å². The second-order valence-corrected chi connectivity index (χ2v) is 13.3. The molecule has 51 heavy (non-hydrogen) atoms. The molecule has 3 aliphatic rings. The van der Waals surface area contributed by atoms with Gasteiger partial charge in [0.25, 0.3) is 23.6 Å². The number of aliphatic hydroxyl groups is 1. The molecule has 4 amide bonds. The molecule has 0 radical (unpaired) electrons. The van der Waals surface area contributed by atoms with E-state index in [9.17, 15) is 24.3 Å². The van der Waals surface area contributed by atoms with Crippen molar-refractivity contribution >= 4 is 35.0 Å². The molecule has 1 fully saturated rings. The molecule has 274 valence electrons. The highest BCUT2D eigenvalue weighted by atomic mass is 16.3. The zero-order chi connectivity index (χ0) is 36.1. The molecule has 0 atom stereocenters. The van der Waals surface area contributed by atoms with Gasteiger partial charge in [-0.3, -0.25) is 19.2 Å². The normalized spacial score (nSPS) is 23.7. The Balaban J connectivity index is 1.16. The van der Waals surface area contributed by atoms with Crippen LogP contribution in [0.1, 0.15) is 24.5 Å². The van der Waals surface area contributed by atoms with E-state index >= 15 is 0 Å². The molecule has 8 N–H and O–H groups in total. The Morgan fingerprint density at radius 2 is 0.980 bits per heavy atom. The number of benzene rings is 2. The fraction of sp³-hybridized carbons (Fsp3) is 0.459. The fourth-order valence-corrected chi connectivity index (χ4v) is 6.31. The van der Waals surface area contributed by atoms with Crippen molar-refractivity contribution in [2.45, 2.75) is 37.5 Å². The van der Waals surface area contributed by atoms with E-state index in [0.29, 0.717) is 63.7 Å². The van der Waals surface area contributed by atoms with Crippen molar-refractivity contribution in [3.8, 4) is 0 Å². The molecule has 0 unspecified atom stereocenters. The lowest BCUT2D eigenvalue weighted by molar-refractivity contribution is -0.121. The summed E-state index contributed by atoms with van der Waals surface area (Å²) in [6, 6.07) is 14.8. The van der Waals surface area contributed by atoms with Gasteiger partial charge in [-0.1, -0.05) is 31.2 Å². The molecule has 0 saturated carbocycles. The first-order chi connectivity index (χ1) is 24.8. The highest BCUT2D eigenvalue weighted by Crippen LogP contribution is 2.21. The lowest BCUT2D eigenvalue weighted by Crippen LogP contribution is -2.65. The summed E-state index contributed by atoms with van der Waals surface area (Å²) in [5.41, 5.74) is 2.17. The molecular formula is C37H51N9O5. The number of nitrogens with one attached hydrogen (secondary N) is 7. The Morgan fingerprint density at radius 1 is 0.608 bits per heavy atom. The summed E-state index contributed by atoms with van der Waals surface area (Å²) in [7, 11) is 0. The van der Waals surface area contributed by atoms with Crippen molar-refractivity contribution in [2.75, 3.05) is 81.9 Å². The molecule has 5 rings (SSSR count). The van der Waals surface area contributed by atoms with Crippen LogP contribution >= 0.6 is 0 Å². The van der Waals surface area contributed by atoms with Crippen LogP contribution in [0.4, 0.5) is 11.4 Å². The SMILES string of the molecule is CCCNCC1(NCc2ccc(N3C(=O)C=CC3=O)cc2)CNCCNCC(CO)(NCc2ccc(N3C(=O)C=CC3=O)cc2)CNCCNC1. The van der Waals surface area contributed by atoms with Gasteiger partial charge < -0.3 is 42.3 Å². The predicted octanol–water partition coefficient (Wildman–Crippen LogP) is -0.734. The minimum atomic E-state index is -0.621. The highest BCUT2D eigenvalue weighted by molar-refractivity contribution is 6.28. The fourth-order valence-electron chi connectivity index (χ4n) is 6.31. The molecule has 3 heterocycles. The first-order valence-corrected chi connectivity index (χ1v) is 17.7. The molecule has 0 aliphatic carbocycles. The van der Waals surface area contributed by atoms with Gasteiger partial charge in [0.15, 0.2) is 0 Å². The van der Waals surface area contributed by atoms with E-state index in [0.717, 1.165) is 48.6 Å². The second-order valence-electron chi connectivity index (χ2n) is 13.3. The molecule has 3 aliphatic heterocycles. The number of hydrogen-bond acceptors (Lipinski definition) is 12. The van der Waals surface area contributed by atoms with Gasteiger partial charge in [0.05, 0.1) is 29.1 Å². The summed E-state index contributed by atoms with van der Waals surface area (Å²) in [4.78, 5) is 50.6. The minimum Gasteiger partial charge on any atom is -0.394 e. The maximum atomic E-state index is 12.1. The third-order valence-electron chi connectivity index (χ3n) is 9.35. The quantitative estimate of drug-likeness (QED) is 0.0972. The number of amides is 4. The number of hydrogen-bond donors (Lipinski definition) is 8. The van der Waals surface area contributed by atoms with Crippen molar-refractivity contribution in [3.05, 3.63) is 84.0 Å². The van der Waals surface area contributed by atoms with Crippen molar-refractivity contribution in [3.63, 3.8) is 0 Å². The highest BCUT2D eigenvalue weighted by Gasteiger charge is 2.31. The van der Waals surface area contributed by atoms with Gasteiger partial charge in [-0.2, -0.15) is 0 Å². The number of nitrogens with zero attached hydrogens (tertiary/aromatic N) is 2. The predicted molar refractivity (Wildman–Crippen MR) is 197 cm³/mol. The number of aliphatic hydroxyl groups excluding tert-OH is 1. The van der Waals surface area contributed by atoms with Crippen LogP contribution in [0.25, 0.3) is 0 Å². The summed E-state index contributed by atoms with van der Waals surface area (Å²) in [5.74, 6) is -1.36. The summed E-state index contributed by atoms with van der Waals surface area (Å²) in [6.45, 7) is 10.1. The monoisotopic (exact) mass is 701 g/mol. The van der Waals surface area contributed by atoms with Crippen LogP contribution in [0.15, 0.2) is 72.8 Å².